The molecule has 0 aromatic rings. The summed E-state index contributed by atoms with van der Waals surface area (Å²) in [5.74, 6) is 0. The molecule has 0 bridgehead atoms. The Labute approximate surface area is 33.2 Å². The summed E-state index contributed by atoms with van der Waals surface area (Å²) in [6.07, 6.45) is 0. The summed E-state index contributed by atoms with van der Waals surface area (Å²) in [4.78, 5) is 0. The molecule has 4 heteroatoms. The van der Waals surface area contributed by atoms with Gasteiger partial charge in [-0.3, -0.25) is 9.41 Å². The number of halogens is 2. The van der Waals surface area contributed by atoms with E-state index >= 15 is 0 Å². The molecule has 2 N–H and O–H groups in total. The van der Waals surface area contributed by atoms with Gasteiger partial charge in [0, 0.05) is 17.4 Å². The second-order valence-electron chi connectivity index (χ2n) is 0. The molecule has 3 radical (unpaired) electrons. The lowest BCUT2D eigenvalue weighted by Crippen LogP contribution is -0.381. The monoisotopic (exact) mass is 85.0 g/mol. The molecule has 0 saturated heterocycles. The first-order chi connectivity index (χ1) is 0. The van der Waals surface area contributed by atoms with Gasteiger partial charge >= 0.3 is 0 Å². The Morgan fingerprint density at radius 3 is 0.750 bits per heavy atom. The fourth-order valence-corrected chi connectivity index (χ4v) is 0. The summed E-state index contributed by atoms with van der Waals surface area (Å²) >= 11 is 0. The molecule has 0 spiro atoms. The maximum absolute atomic E-state index is 0. The number of hydrogen-bond acceptors (Lipinski definition) is 0. The molecule has 0 fully saturated rings. The topological polar surface area (TPSA) is 31.5 Å². The summed E-state index contributed by atoms with van der Waals surface area (Å²) in [6.45, 7) is 0. The minimum atomic E-state index is 0. The Hall–Kier alpha value is 0.352. The lowest BCUT2D eigenvalue weighted by atomic mass is 16.0. The van der Waals surface area contributed by atoms with Gasteiger partial charge in [-0.1, -0.05) is 0 Å². The number of rotatable bonds is 0. The van der Waals surface area contributed by atoms with Crippen LogP contribution < -0.4 is 0 Å². The second-order valence-corrected chi connectivity index (χ2v) is 0. The maximum Gasteiger partial charge on any atom is 0 e. The van der Waals surface area contributed by atoms with Crippen molar-refractivity contribution >= 4 is 17.4 Å². The van der Waals surface area contributed by atoms with E-state index in [2.05, 4.69) is 0 Å². The van der Waals surface area contributed by atoms with E-state index < -0.39 is 0 Å². The van der Waals surface area contributed by atoms with E-state index in [9.17, 15) is 0 Å². The van der Waals surface area contributed by atoms with Gasteiger partial charge < -0.3 is 5.48 Å². The minimum Gasteiger partial charge on any atom is -0.412 e. The zero-order chi connectivity index (χ0) is 0. The number of hydrogen-bond donors (Lipinski definition) is 0. The molecule has 0 rings (SSSR count). The van der Waals surface area contributed by atoms with Gasteiger partial charge in [-0.15, -0.1) is 0 Å². The van der Waals surface area contributed by atoms with E-state index in [1.807, 2.05) is 0 Å². The van der Waals surface area contributed by atoms with Crippen molar-refractivity contribution in [2.24, 2.45) is 0 Å². The molecule has 0 amide bonds. The molecular formula is H4AlF2O. The van der Waals surface area contributed by atoms with Crippen LogP contribution in [0.4, 0.5) is 9.41 Å². The van der Waals surface area contributed by atoms with Gasteiger partial charge in [-0.25, -0.2) is 0 Å². The molecule has 27 valence electrons. The lowest BCUT2D eigenvalue weighted by Gasteiger charge is -0.412. The molecule has 0 heterocycles. The van der Waals surface area contributed by atoms with Crippen molar-refractivity contribution in [3.8, 4) is 0 Å². The highest BCUT2D eigenvalue weighted by Gasteiger charge is 0.00000994. The van der Waals surface area contributed by atoms with Crippen molar-refractivity contribution < 1.29 is 14.9 Å². The molecule has 0 saturated carbocycles. The average molecular weight is 85.0 g/mol. The van der Waals surface area contributed by atoms with Crippen molar-refractivity contribution in [1.29, 1.82) is 0 Å². The normalized spacial score (nSPS) is 0. The molecule has 0 aromatic carbocycles. The zero-order valence-electron chi connectivity index (χ0n) is 1.89. The van der Waals surface area contributed by atoms with E-state index in [1.165, 1.54) is 0 Å². The Balaban J connectivity index is 0. The molecule has 0 aromatic heterocycles. The van der Waals surface area contributed by atoms with Crippen LogP contribution in [0.25, 0.3) is 0 Å². The highest BCUT2D eigenvalue weighted by molar-refractivity contribution is 5.75. The van der Waals surface area contributed by atoms with Crippen molar-refractivity contribution in [2.75, 3.05) is 0 Å². The van der Waals surface area contributed by atoms with Crippen LogP contribution >= 0.6 is 0 Å². The van der Waals surface area contributed by atoms with E-state index in [0.717, 1.165) is 0 Å². The van der Waals surface area contributed by atoms with Gasteiger partial charge in [0.2, 0.25) is 0 Å². The van der Waals surface area contributed by atoms with Gasteiger partial charge in [0.15, 0.2) is 0 Å². The standard InChI is InChI=1S/Al.2FH.H2O/h;2*1H;1H2. The third kappa shape index (κ3) is 34.6. The SMILES string of the molecule is F.F.O.[Al]. The summed E-state index contributed by atoms with van der Waals surface area (Å²) in [7, 11) is 0. The van der Waals surface area contributed by atoms with Crippen LogP contribution in [-0.2, 0) is 0 Å². The highest BCUT2D eigenvalue weighted by atomic mass is 27.0. The van der Waals surface area contributed by atoms with Crippen LogP contribution in [0.5, 0.6) is 0 Å². The molecule has 0 aliphatic rings. The summed E-state index contributed by atoms with van der Waals surface area (Å²) in [6, 6.07) is 0. The molecule has 0 aliphatic heterocycles. The third-order valence-corrected chi connectivity index (χ3v) is 0. The Morgan fingerprint density at radius 2 is 0.750 bits per heavy atom. The third-order valence-electron chi connectivity index (χ3n) is 0. The second kappa shape index (κ2) is 149. The predicted octanol–water partition coefficient (Wildman–Crippen LogP) is -0.901. The van der Waals surface area contributed by atoms with Crippen molar-refractivity contribution in [2.45, 2.75) is 0 Å². The van der Waals surface area contributed by atoms with Crippen LogP contribution in [0.1, 0.15) is 0 Å². The smallest absolute Gasteiger partial charge is 0 e. The molecule has 1 nitrogen and oxygen atoms in total. The largest absolute Gasteiger partial charge is 0.412 e. The van der Waals surface area contributed by atoms with Gasteiger partial charge in [0.05, 0.1) is 0 Å². The van der Waals surface area contributed by atoms with Crippen LogP contribution in [0, 0.1) is 0 Å². The molecule has 0 atom stereocenters. The van der Waals surface area contributed by atoms with Crippen molar-refractivity contribution in [3.63, 3.8) is 0 Å². The van der Waals surface area contributed by atoms with E-state index in [-0.39, 0.29) is 32.2 Å². The fraction of sp³-hybridized carbons (Fsp3) is 0. The van der Waals surface area contributed by atoms with E-state index in [4.69, 9.17) is 0 Å². The van der Waals surface area contributed by atoms with Gasteiger partial charge in [0.1, 0.15) is 0 Å². The molecular weight excluding hydrogens is 81.0 g/mol. The molecule has 0 unspecified atom stereocenters. The van der Waals surface area contributed by atoms with Gasteiger partial charge in [-0.2, -0.15) is 0 Å². The van der Waals surface area contributed by atoms with Crippen LogP contribution in [0.3, 0.4) is 0 Å². The minimum absolute atomic E-state index is 0. The first-order valence-electron chi connectivity index (χ1n) is 0. The Kier molecular flexibility index (Phi) is 14700. The van der Waals surface area contributed by atoms with Crippen LogP contribution in [0.2, 0.25) is 0 Å². The fourth-order valence-electron chi connectivity index (χ4n) is 0. The Bertz CT molecular complexity index is 6.00. The van der Waals surface area contributed by atoms with Gasteiger partial charge in [-0.05, 0) is 0 Å². The first-order valence-corrected chi connectivity index (χ1v) is 0. The van der Waals surface area contributed by atoms with E-state index in [0.29, 0.717) is 0 Å². The lowest BCUT2D eigenvalue weighted by molar-refractivity contribution is 0.824. The summed E-state index contributed by atoms with van der Waals surface area (Å²) in [5.41, 5.74) is 0. The summed E-state index contributed by atoms with van der Waals surface area (Å²) in [5, 5.41) is 0. The van der Waals surface area contributed by atoms with Crippen molar-refractivity contribution in [1.82, 2.24) is 0 Å². The van der Waals surface area contributed by atoms with Crippen LogP contribution in [0.15, 0.2) is 0 Å². The summed E-state index contributed by atoms with van der Waals surface area (Å²) < 4.78 is 0. The predicted molar refractivity (Wildman–Crippen MR) is 14.4 cm³/mol. The Morgan fingerprint density at radius 1 is 0.750 bits per heavy atom. The average Bonchev–Trinajstić information content (AvgIpc) is 0. The van der Waals surface area contributed by atoms with Gasteiger partial charge in [0.25, 0.3) is 0 Å². The molecule has 0 aliphatic carbocycles. The molecule has 4 heavy (non-hydrogen) atoms. The van der Waals surface area contributed by atoms with E-state index in [1.54, 1.807) is 0 Å². The zero-order valence-corrected chi connectivity index (χ0v) is 3.05. The quantitative estimate of drug-likeness (QED) is 0.341. The van der Waals surface area contributed by atoms with Crippen LogP contribution in [-0.4, -0.2) is 22.8 Å². The highest BCUT2D eigenvalue weighted by Crippen LogP contribution is 0.421. The van der Waals surface area contributed by atoms with Crippen molar-refractivity contribution in [3.05, 3.63) is 0 Å². The maximum atomic E-state index is 0. The first kappa shape index (κ1) is 394.